The number of benzene rings is 3. The van der Waals surface area contributed by atoms with E-state index in [0.29, 0.717) is 28.1 Å². The van der Waals surface area contributed by atoms with Gasteiger partial charge in [0, 0.05) is 15.7 Å². The van der Waals surface area contributed by atoms with Crippen molar-refractivity contribution in [1.29, 1.82) is 0 Å². The molecule has 3 aromatic rings. The van der Waals surface area contributed by atoms with Gasteiger partial charge in [-0.1, -0.05) is 23.7 Å². The largest absolute Gasteiger partial charge is 0.493 e. The van der Waals surface area contributed by atoms with Crippen LogP contribution in [0.2, 0.25) is 5.02 Å². The molecular formula is C24H15BrClIN2O6. The van der Waals surface area contributed by atoms with Crippen LogP contribution in [0.3, 0.4) is 0 Å². The SMILES string of the molecule is COc1cc(/C=C2\N=C(c3ccc([N+](=O)[O-])cc3Cl)OC2=O)cc(Br)c1OCc1cccc(I)c1. The number of cyclic esters (lactones) is 1. The minimum Gasteiger partial charge on any atom is -0.493 e. The minimum atomic E-state index is -0.677. The average Bonchev–Trinajstić information content (AvgIpc) is 3.17. The molecule has 0 N–H and O–H groups in total. The molecule has 0 aromatic heterocycles. The van der Waals surface area contributed by atoms with E-state index in [1.54, 1.807) is 12.1 Å². The first-order chi connectivity index (χ1) is 16.7. The number of hydrogen-bond acceptors (Lipinski definition) is 7. The van der Waals surface area contributed by atoms with E-state index in [2.05, 4.69) is 43.5 Å². The summed E-state index contributed by atoms with van der Waals surface area (Å²) >= 11 is 11.9. The van der Waals surface area contributed by atoms with Crippen LogP contribution in [0.1, 0.15) is 16.7 Å². The molecule has 0 bridgehead atoms. The summed E-state index contributed by atoms with van der Waals surface area (Å²) in [5.74, 6) is 0.267. The lowest BCUT2D eigenvalue weighted by molar-refractivity contribution is -0.384. The zero-order chi connectivity index (χ0) is 25.1. The Bertz CT molecular complexity index is 1410. The first-order valence-electron chi connectivity index (χ1n) is 9.97. The van der Waals surface area contributed by atoms with E-state index in [0.717, 1.165) is 9.13 Å². The maximum absolute atomic E-state index is 12.4. The van der Waals surface area contributed by atoms with Crippen LogP contribution in [0.25, 0.3) is 6.08 Å². The van der Waals surface area contributed by atoms with Gasteiger partial charge in [0.05, 0.1) is 27.1 Å². The van der Waals surface area contributed by atoms with Gasteiger partial charge in [-0.15, -0.1) is 0 Å². The van der Waals surface area contributed by atoms with Crippen LogP contribution >= 0.6 is 50.1 Å². The Kier molecular flexibility index (Phi) is 7.72. The molecule has 0 fully saturated rings. The molecule has 1 aliphatic rings. The number of rotatable bonds is 7. The van der Waals surface area contributed by atoms with Crippen molar-refractivity contribution in [3.63, 3.8) is 0 Å². The van der Waals surface area contributed by atoms with Gasteiger partial charge in [0.1, 0.15) is 6.61 Å². The third-order valence-corrected chi connectivity index (χ3v) is 6.41. The molecule has 0 spiro atoms. The van der Waals surface area contributed by atoms with E-state index in [1.807, 2.05) is 24.3 Å². The fraction of sp³-hybridized carbons (Fsp3) is 0.0833. The molecule has 0 amide bonds. The minimum absolute atomic E-state index is 0.0374. The molecule has 0 saturated carbocycles. The molecule has 0 saturated heterocycles. The number of hydrogen-bond donors (Lipinski definition) is 0. The second-order valence-corrected chi connectivity index (χ2v) is 9.72. The Morgan fingerprint density at radius 3 is 2.71 bits per heavy atom. The predicted octanol–water partition coefficient (Wildman–Crippen LogP) is 6.55. The first kappa shape index (κ1) is 25.1. The van der Waals surface area contributed by atoms with E-state index in [-0.39, 0.29) is 27.9 Å². The van der Waals surface area contributed by atoms with E-state index in [1.165, 1.54) is 31.4 Å². The molecule has 1 heterocycles. The summed E-state index contributed by atoms with van der Waals surface area (Å²) in [7, 11) is 1.52. The summed E-state index contributed by atoms with van der Waals surface area (Å²) in [5, 5.41) is 11.0. The maximum Gasteiger partial charge on any atom is 0.363 e. The zero-order valence-electron chi connectivity index (χ0n) is 18.0. The van der Waals surface area contributed by atoms with E-state index >= 15 is 0 Å². The van der Waals surface area contributed by atoms with Gasteiger partial charge in [-0.25, -0.2) is 9.79 Å². The number of nitrogens with zero attached hydrogens (tertiary/aromatic N) is 2. The Morgan fingerprint density at radius 1 is 1.23 bits per heavy atom. The highest BCUT2D eigenvalue weighted by Gasteiger charge is 2.27. The summed E-state index contributed by atoms with van der Waals surface area (Å²) in [6.45, 7) is 0.349. The van der Waals surface area contributed by atoms with Gasteiger partial charge >= 0.3 is 5.97 Å². The molecule has 35 heavy (non-hydrogen) atoms. The molecule has 4 rings (SSSR count). The topological polar surface area (TPSA) is 100 Å². The number of methoxy groups -OCH3 is 1. The standard InChI is InChI=1S/C24H15BrClIN2O6/c1-33-21-10-14(8-18(25)22(21)34-12-13-3-2-4-15(27)7-13)9-20-24(30)35-23(28-20)17-6-5-16(29(31)32)11-19(17)26/h2-11H,12H2,1H3/b20-9-. The van der Waals surface area contributed by atoms with Crippen LogP contribution in [-0.2, 0) is 16.1 Å². The lowest BCUT2D eigenvalue weighted by Crippen LogP contribution is -2.06. The van der Waals surface area contributed by atoms with E-state index in [9.17, 15) is 14.9 Å². The van der Waals surface area contributed by atoms with Crippen molar-refractivity contribution in [2.75, 3.05) is 7.11 Å². The van der Waals surface area contributed by atoms with Gasteiger partial charge in [-0.05, 0) is 86.1 Å². The summed E-state index contributed by atoms with van der Waals surface area (Å²) in [6, 6.07) is 15.2. The summed E-state index contributed by atoms with van der Waals surface area (Å²) in [4.78, 5) is 27.0. The van der Waals surface area contributed by atoms with Crippen LogP contribution < -0.4 is 9.47 Å². The Hall–Kier alpha value is -2.96. The van der Waals surface area contributed by atoms with Gasteiger partial charge in [0.15, 0.2) is 17.2 Å². The highest BCUT2D eigenvalue weighted by molar-refractivity contribution is 14.1. The predicted molar refractivity (Wildman–Crippen MR) is 143 cm³/mol. The molecule has 0 radical (unpaired) electrons. The highest BCUT2D eigenvalue weighted by atomic mass is 127. The van der Waals surface area contributed by atoms with Crippen molar-refractivity contribution >= 4 is 73.8 Å². The fourth-order valence-electron chi connectivity index (χ4n) is 3.22. The molecule has 8 nitrogen and oxygen atoms in total. The maximum atomic E-state index is 12.4. The number of ether oxygens (including phenoxy) is 3. The fourth-order valence-corrected chi connectivity index (χ4v) is 4.66. The number of nitro benzene ring substituents is 1. The molecule has 1 aliphatic heterocycles. The number of nitro groups is 1. The van der Waals surface area contributed by atoms with Gasteiger partial charge in [-0.2, -0.15) is 0 Å². The van der Waals surface area contributed by atoms with Crippen LogP contribution in [0, 0.1) is 13.7 Å². The molecular weight excluding hydrogens is 655 g/mol. The molecule has 0 unspecified atom stereocenters. The van der Waals surface area contributed by atoms with Crippen LogP contribution in [0.4, 0.5) is 5.69 Å². The third-order valence-electron chi connectivity index (χ3n) is 4.84. The Labute approximate surface area is 227 Å². The monoisotopic (exact) mass is 668 g/mol. The first-order valence-corrected chi connectivity index (χ1v) is 12.2. The van der Waals surface area contributed by atoms with Crippen molar-refractivity contribution in [3.8, 4) is 11.5 Å². The highest BCUT2D eigenvalue weighted by Crippen LogP contribution is 2.38. The normalized spacial score (nSPS) is 14.0. The van der Waals surface area contributed by atoms with Crippen molar-refractivity contribution in [2.24, 2.45) is 4.99 Å². The third kappa shape index (κ3) is 5.82. The number of non-ortho nitro benzene ring substituents is 1. The Balaban J connectivity index is 1.60. The second kappa shape index (κ2) is 10.8. The second-order valence-electron chi connectivity index (χ2n) is 7.21. The van der Waals surface area contributed by atoms with Crippen LogP contribution in [-0.4, -0.2) is 23.9 Å². The molecule has 3 aromatic carbocycles. The molecule has 11 heteroatoms. The zero-order valence-corrected chi connectivity index (χ0v) is 22.5. The van der Waals surface area contributed by atoms with E-state index in [4.69, 9.17) is 25.8 Å². The number of aliphatic imine (C=N–C) groups is 1. The molecule has 0 atom stereocenters. The van der Waals surface area contributed by atoms with E-state index < -0.39 is 10.9 Å². The lowest BCUT2D eigenvalue weighted by atomic mass is 10.1. The van der Waals surface area contributed by atoms with Gasteiger partial charge < -0.3 is 14.2 Å². The van der Waals surface area contributed by atoms with Gasteiger partial charge in [-0.3, -0.25) is 10.1 Å². The van der Waals surface area contributed by atoms with Crippen molar-refractivity contribution in [2.45, 2.75) is 6.61 Å². The van der Waals surface area contributed by atoms with Crippen molar-refractivity contribution in [3.05, 3.63) is 100 Å². The summed E-state index contributed by atoms with van der Waals surface area (Å²) in [6.07, 6.45) is 1.53. The van der Waals surface area contributed by atoms with Crippen molar-refractivity contribution < 1.29 is 23.9 Å². The van der Waals surface area contributed by atoms with Gasteiger partial charge in [0.25, 0.3) is 5.69 Å². The number of carbonyl (C=O) groups is 1. The summed E-state index contributed by atoms with van der Waals surface area (Å²) in [5.41, 5.74) is 1.75. The lowest BCUT2D eigenvalue weighted by Gasteiger charge is -2.14. The number of halogens is 3. The van der Waals surface area contributed by atoms with Crippen molar-refractivity contribution in [1.82, 2.24) is 0 Å². The number of carbonyl (C=O) groups excluding carboxylic acids is 1. The quantitative estimate of drug-likeness (QED) is 0.0931. The average molecular weight is 670 g/mol. The summed E-state index contributed by atoms with van der Waals surface area (Å²) < 4.78 is 18.5. The Morgan fingerprint density at radius 2 is 2.03 bits per heavy atom. The molecule has 0 aliphatic carbocycles. The smallest absolute Gasteiger partial charge is 0.363 e. The van der Waals surface area contributed by atoms with Gasteiger partial charge in [0.2, 0.25) is 5.90 Å². The molecule has 178 valence electrons. The van der Waals surface area contributed by atoms with Crippen LogP contribution in [0.15, 0.2) is 69.8 Å². The number of esters is 1. The van der Waals surface area contributed by atoms with Crippen LogP contribution in [0.5, 0.6) is 11.5 Å².